The number of para-hydroxylation sites is 1. The lowest BCUT2D eigenvalue weighted by molar-refractivity contribution is -0.120. The number of rotatable bonds is 6. The Morgan fingerprint density at radius 3 is 2.72 bits per heavy atom. The molecule has 0 saturated heterocycles. The first kappa shape index (κ1) is 18.7. The molecule has 142 valence electrons. The highest BCUT2D eigenvalue weighted by atomic mass is 32.1. The van der Waals surface area contributed by atoms with Gasteiger partial charge in [0.25, 0.3) is 0 Å². The van der Waals surface area contributed by atoms with Crippen molar-refractivity contribution < 1.29 is 4.79 Å². The highest BCUT2D eigenvalue weighted by Gasteiger charge is 2.08. The first-order valence-electron chi connectivity index (χ1n) is 9.14. The normalized spacial score (nSPS) is 11.0. The molecule has 0 atom stereocenters. The van der Waals surface area contributed by atoms with E-state index in [4.69, 9.17) is 5.26 Å². The standard InChI is InChI=1S/C23H18N4OS/c24-13-17-7-9-18(10-8-17)15-27-16-19(21-5-1-2-6-22(21)27)14-25-26-23(28)12-20-4-3-11-29-20/h1-11,14,16H,12,15H2,(H,26,28)/b25-14-. The Hall–Kier alpha value is -3.69. The van der Waals surface area contributed by atoms with Crippen molar-refractivity contribution in [3.63, 3.8) is 0 Å². The molecule has 0 bridgehead atoms. The number of nitrogens with zero attached hydrogens (tertiary/aromatic N) is 3. The van der Waals surface area contributed by atoms with Crippen molar-refractivity contribution in [1.82, 2.24) is 9.99 Å². The van der Waals surface area contributed by atoms with Gasteiger partial charge in [0, 0.05) is 34.1 Å². The van der Waals surface area contributed by atoms with Crippen LogP contribution in [0.4, 0.5) is 0 Å². The number of carbonyl (C=O) groups excluding carboxylic acids is 1. The second kappa shape index (κ2) is 8.55. The Morgan fingerprint density at radius 2 is 1.97 bits per heavy atom. The first-order valence-corrected chi connectivity index (χ1v) is 10.0. The minimum atomic E-state index is -0.134. The average molecular weight is 398 g/mol. The Morgan fingerprint density at radius 1 is 1.14 bits per heavy atom. The van der Waals surface area contributed by atoms with Crippen LogP contribution in [-0.2, 0) is 17.8 Å². The molecule has 2 aromatic heterocycles. The zero-order valence-electron chi connectivity index (χ0n) is 15.6. The van der Waals surface area contributed by atoms with Crippen molar-refractivity contribution in [1.29, 1.82) is 5.26 Å². The molecule has 2 aromatic carbocycles. The van der Waals surface area contributed by atoms with E-state index < -0.39 is 0 Å². The second-order valence-corrected chi connectivity index (χ2v) is 7.62. The van der Waals surface area contributed by atoms with E-state index in [0.29, 0.717) is 18.5 Å². The number of thiophene rings is 1. The van der Waals surface area contributed by atoms with Gasteiger partial charge in [-0.3, -0.25) is 4.79 Å². The van der Waals surface area contributed by atoms with Gasteiger partial charge in [0.1, 0.15) is 0 Å². The summed E-state index contributed by atoms with van der Waals surface area (Å²) < 4.78 is 2.14. The summed E-state index contributed by atoms with van der Waals surface area (Å²) in [6.07, 6.45) is 4.04. The van der Waals surface area contributed by atoms with Crippen LogP contribution in [-0.4, -0.2) is 16.7 Å². The van der Waals surface area contributed by atoms with Crippen LogP contribution in [0, 0.1) is 11.3 Å². The maximum absolute atomic E-state index is 12.0. The molecule has 0 unspecified atom stereocenters. The van der Waals surface area contributed by atoms with E-state index in [1.807, 2.05) is 66.2 Å². The van der Waals surface area contributed by atoms with Crippen LogP contribution in [0.1, 0.15) is 21.6 Å². The lowest BCUT2D eigenvalue weighted by atomic mass is 10.1. The monoisotopic (exact) mass is 398 g/mol. The summed E-state index contributed by atoms with van der Waals surface area (Å²) in [5, 5.41) is 16.1. The van der Waals surface area contributed by atoms with Gasteiger partial charge in [-0.05, 0) is 35.2 Å². The minimum absolute atomic E-state index is 0.134. The van der Waals surface area contributed by atoms with Crippen LogP contribution >= 0.6 is 11.3 Å². The fourth-order valence-corrected chi connectivity index (χ4v) is 3.88. The molecule has 0 aliphatic carbocycles. The Bertz CT molecular complexity index is 1200. The van der Waals surface area contributed by atoms with E-state index >= 15 is 0 Å². The van der Waals surface area contributed by atoms with Crippen molar-refractivity contribution in [3.05, 3.63) is 93.8 Å². The molecule has 1 amide bonds. The molecule has 6 heteroatoms. The van der Waals surface area contributed by atoms with Crippen molar-refractivity contribution >= 4 is 34.4 Å². The van der Waals surface area contributed by atoms with Gasteiger partial charge in [-0.15, -0.1) is 11.3 Å². The predicted molar refractivity (Wildman–Crippen MR) is 116 cm³/mol. The summed E-state index contributed by atoms with van der Waals surface area (Å²) in [5.74, 6) is -0.134. The van der Waals surface area contributed by atoms with Crippen molar-refractivity contribution in [3.8, 4) is 6.07 Å². The van der Waals surface area contributed by atoms with Gasteiger partial charge in [0.2, 0.25) is 5.91 Å². The largest absolute Gasteiger partial charge is 0.342 e. The SMILES string of the molecule is N#Cc1ccc(Cn2cc(/C=N\NC(=O)Cc3cccs3)c3ccccc32)cc1. The maximum Gasteiger partial charge on any atom is 0.245 e. The molecule has 4 aromatic rings. The Balaban J connectivity index is 1.52. The molecule has 1 N–H and O–H groups in total. The van der Waals surface area contributed by atoms with Gasteiger partial charge in [-0.2, -0.15) is 10.4 Å². The highest BCUT2D eigenvalue weighted by Crippen LogP contribution is 2.21. The third-order valence-corrected chi connectivity index (χ3v) is 5.44. The summed E-state index contributed by atoms with van der Waals surface area (Å²) in [5.41, 5.74) is 6.38. The number of nitriles is 1. The molecule has 2 heterocycles. The van der Waals surface area contributed by atoms with Gasteiger partial charge in [0.15, 0.2) is 0 Å². The van der Waals surface area contributed by atoms with Crippen LogP contribution in [0.2, 0.25) is 0 Å². The fourth-order valence-electron chi connectivity index (χ4n) is 3.18. The lowest BCUT2D eigenvalue weighted by Gasteiger charge is -2.05. The molecule has 5 nitrogen and oxygen atoms in total. The van der Waals surface area contributed by atoms with Crippen LogP contribution in [0.5, 0.6) is 0 Å². The number of amides is 1. The number of hydrogen-bond acceptors (Lipinski definition) is 4. The van der Waals surface area contributed by atoms with E-state index in [0.717, 1.165) is 26.9 Å². The molecule has 0 aliphatic heterocycles. The van der Waals surface area contributed by atoms with Gasteiger partial charge in [-0.25, -0.2) is 5.43 Å². The quantitative estimate of drug-likeness (QED) is 0.388. The summed E-state index contributed by atoms with van der Waals surface area (Å²) in [4.78, 5) is 13.0. The number of hydrogen-bond donors (Lipinski definition) is 1. The Kier molecular flexibility index (Phi) is 5.50. The number of nitrogens with one attached hydrogen (secondary N) is 1. The summed E-state index contributed by atoms with van der Waals surface area (Å²) in [7, 11) is 0. The molecular weight excluding hydrogens is 380 g/mol. The topological polar surface area (TPSA) is 70.2 Å². The van der Waals surface area contributed by atoms with Gasteiger partial charge in [-0.1, -0.05) is 36.4 Å². The summed E-state index contributed by atoms with van der Waals surface area (Å²) >= 11 is 1.56. The number of benzene rings is 2. The maximum atomic E-state index is 12.0. The first-order chi connectivity index (χ1) is 14.2. The average Bonchev–Trinajstić information content (AvgIpc) is 3.37. The van der Waals surface area contributed by atoms with E-state index in [-0.39, 0.29) is 5.91 Å². The summed E-state index contributed by atoms with van der Waals surface area (Å²) in [6, 6.07) is 21.7. The van der Waals surface area contributed by atoms with Crippen molar-refractivity contribution in [2.45, 2.75) is 13.0 Å². The van der Waals surface area contributed by atoms with Crippen LogP contribution in [0.15, 0.2) is 77.3 Å². The zero-order chi connectivity index (χ0) is 20.1. The molecule has 0 fully saturated rings. The van der Waals surface area contributed by atoms with Crippen molar-refractivity contribution in [2.75, 3.05) is 0 Å². The summed E-state index contributed by atoms with van der Waals surface area (Å²) in [6.45, 7) is 0.685. The van der Waals surface area contributed by atoms with Crippen LogP contribution in [0.25, 0.3) is 10.9 Å². The lowest BCUT2D eigenvalue weighted by Crippen LogP contribution is -2.19. The molecule has 0 aliphatic rings. The molecule has 0 saturated carbocycles. The molecule has 29 heavy (non-hydrogen) atoms. The van der Waals surface area contributed by atoms with Gasteiger partial charge in [0.05, 0.1) is 24.3 Å². The Labute approximate surface area is 172 Å². The number of aromatic nitrogens is 1. The smallest absolute Gasteiger partial charge is 0.245 e. The predicted octanol–water partition coefficient (Wildman–Crippen LogP) is 4.32. The molecule has 0 radical (unpaired) electrons. The van der Waals surface area contributed by atoms with E-state index in [9.17, 15) is 4.79 Å². The van der Waals surface area contributed by atoms with Crippen LogP contribution in [0.3, 0.4) is 0 Å². The van der Waals surface area contributed by atoms with Gasteiger partial charge < -0.3 is 4.57 Å². The third kappa shape index (κ3) is 4.42. The highest BCUT2D eigenvalue weighted by molar-refractivity contribution is 7.10. The van der Waals surface area contributed by atoms with Gasteiger partial charge >= 0.3 is 0 Å². The van der Waals surface area contributed by atoms with Crippen LogP contribution < -0.4 is 5.43 Å². The number of hydrazone groups is 1. The fraction of sp³-hybridized carbons (Fsp3) is 0.0870. The number of fused-ring (bicyclic) bond motifs is 1. The molecule has 0 spiro atoms. The van der Waals surface area contributed by atoms with E-state index in [1.54, 1.807) is 17.6 Å². The third-order valence-electron chi connectivity index (χ3n) is 4.56. The second-order valence-electron chi connectivity index (χ2n) is 6.59. The molecular formula is C23H18N4OS. The minimum Gasteiger partial charge on any atom is -0.342 e. The van der Waals surface area contributed by atoms with E-state index in [2.05, 4.69) is 27.2 Å². The molecule has 4 rings (SSSR count). The number of carbonyl (C=O) groups is 1. The van der Waals surface area contributed by atoms with E-state index in [1.165, 1.54) is 0 Å². The van der Waals surface area contributed by atoms with Crippen molar-refractivity contribution in [2.24, 2.45) is 5.10 Å². The zero-order valence-corrected chi connectivity index (χ0v) is 16.4.